The van der Waals surface area contributed by atoms with E-state index in [4.69, 9.17) is 24.2 Å². The highest BCUT2D eigenvalue weighted by molar-refractivity contribution is 6.05. The molecule has 2 bridgehead atoms. The van der Waals surface area contributed by atoms with Gasteiger partial charge in [-0.1, -0.05) is 25.1 Å². The summed E-state index contributed by atoms with van der Waals surface area (Å²) < 4.78 is 81.8. The van der Waals surface area contributed by atoms with Crippen LogP contribution in [0.4, 0.5) is 38.7 Å². The molecule has 5 atom stereocenters. The topological polar surface area (TPSA) is 142 Å². The normalized spacial score (nSPS) is 26.0. The number of rotatable bonds is 6. The largest absolute Gasteiger partial charge is 0.472 e. The number of hydrogen-bond donors (Lipinski definition) is 2. The molecule has 0 aliphatic carbocycles. The molecule has 4 aromatic rings. The number of benzene rings is 2. The summed E-state index contributed by atoms with van der Waals surface area (Å²) in [5.74, 6) is -4.36. The number of ether oxygens (including phenoxy) is 3. The van der Waals surface area contributed by atoms with Gasteiger partial charge in [-0.15, -0.1) is 0 Å². The van der Waals surface area contributed by atoms with Crippen LogP contribution in [0.1, 0.15) is 72.3 Å². The molecule has 13 nitrogen and oxygen atoms in total. The predicted molar refractivity (Wildman–Crippen MR) is 206 cm³/mol. The Morgan fingerprint density at radius 1 is 1.10 bits per heavy atom. The van der Waals surface area contributed by atoms with Crippen LogP contribution in [0.25, 0.3) is 32.9 Å². The Hall–Kier alpha value is -5.19. The van der Waals surface area contributed by atoms with Gasteiger partial charge in [0.2, 0.25) is 5.88 Å². The number of carbonyl (C=O) groups is 2. The first-order valence-corrected chi connectivity index (χ1v) is 19.8. The van der Waals surface area contributed by atoms with Crippen LogP contribution in [0.15, 0.2) is 24.3 Å². The number of carbonyl (C=O) groups excluding carboxylic acids is 1. The average Bonchev–Trinajstić information content (AvgIpc) is 3.74. The van der Waals surface area contributed by atoms with Crippen molar-refractivity contribution in [2.75, 3.05) is 36.5 Å². The van der Waals surface area contributed by atoms with Crippen LogP contribution in [-0.4, -0.2) is 110 Å². The van der Waals surface area contributed by atoms with Crippen molar-refractivity contribution in [3.05, 3.63) is 41.5 Å². The molecule has 2 amide bonds. The molecule has 58 heavy (non-hydrogen) atoms. The molecule has 0 saturated carbocycles. The van der Waals surface area contributed by atoms with Gasteiger partial charge in [0.25, 0.3) is 5.92 Å². The minimum atomic E-state index is -2.89. The SMILES string of the molecule is CCc1cccc2c(F)c(NC(=O)OC(C)(C)C)cc(-c3nc4c5c(nc(OCC67CCCN6CC(F)(F)C7)nc5c3F)N3CC5CCC(C3C(C)O4)N5C(=O)O)c12. The molecule has 2 aromatic heterocycles. The van der Waals surface area contributed by atoms with Crippen molar-refractivity contribution in [2.24, 2.45) is 0 Å². The van der Waals surface area contributed by atoms with E-state index < -0.39 is 65.5 Å². The van der Waals surface area contributed by atoms with E-state index in [1.165, 1.54) is 17.0 Å². The summed E-state index contributed by atoms with van der Waals surface area (Å²) in [6, 6.07) is 4.64. The van der Waals surface area contributed by atoms with Crippen LogP contribution < -0.4 is 19.7 Å². The van der Waals surface area contributed by atoms with E-state index in [9.17, 15) is 23.5 Å². The van der Waals surface area contributed by atoms with Crippen LogP contribution in [-0.2, 0) is 11.2 Å². The zero-order chi connectivity index (χ0) is 41.1. The average molecular weight is 808 g/mol. The molecule has 0 spiro atoms. The molecule has 0 radical (unpaired) electrons. The lowest BCUT2D eigenvalue weighted by Gasteiger charge is -2.47. The van der Waals surface area contributed by atoms with Gasteiger partial charge in [-0.2, -0.15) is 9.97 Å². The molecule has 5 aliphatic rings. The molecule has 9 rings (SSSR count). The van der Waals surface area contributed by atoms with Gasteiger partial charge in [0, 0.05) is 23.9 Å². The van der Waals surface area contributed by atoms with Crippen molar-refractivity contribution in [1.29, 1.82) is 0 Å². The van der Waals surface area contributed by atoms with E-state index in [2.05, 4.69) is 10.3 Å². The standard InChI is InChI=1S/C41H45F4N7O6/c1-6-21-9-7-10-23-27(21)24(15-25(29(23)42)46-37(53)58-39(3,4)5)31-30(43)32-28-34(49-36(48-32)56-19-40-13-8-14-50(40)18-41(44,45)17-40)51-16-22-11-12-26(52(22)38(54)55)33(51)20(2)57-35(28)47-31/h7,9-10,15,20,22,26,33H,6,8,11-14,16-19H2,1-5H3,(H,46,53)(H,54,55). The van der Waals surface area contributed by atoms with Crippen LogP contribution in [0, 0.1) is 11.6 Å². The Balaban J connectivity index is 1.24. The summed E-state index contributed by atoms with van der Waals surface area (Å²) in [5, 5.41) is 13.3. The lowest BCUT2D eigenvalue weighted by atomic mass is 9.94. The van der Waals surface area contributed by atoms with Crippen LogP contribution >= 0.6 is 0 Å². The lowest BCUT2D eigenvalue weighted by Crippen LogP contribution is -2.64. The van der Waals surface area contributed by atoms with Gasteiger partial charge in [-0.05, 0) is 83.4 Å². The van der Waals surface area contributed by atoms with Crippen LogP contribution in [0.5, 0.6) is 11.9 Å². The zero-order valence-corrected chi connectivity index (χ0v) is 32.9. The minimum Gasteiger partial charge on any atom is -0.472 e. The highest BCUT2D eigenvalue weighted by atomic mass is 19.3. The predicted octanol–water partition coefficient (Wildman–Crippen LogP) is 7.77. The maximum Gasteiger partial charge on any atom is 0.412 e. The van der Waals surface area contributed by atoms with Gasteiger partial charge in [0.15, 0.2) is 11.6 Å². The number of nitrogens with one attached hydrogen (secondary N) is 1. The molecule has 4 saturated heterocycles. The van der Waals surface area contributed by atoms with Gasteiger partial charge in [-0.3, -0.25) is 15.1 Å². The maximum atomic E-state index is 17.7. The zero-order valence-electron chi connectivity index (χ0n) is 32.9. The third kappa shape index (κ3) is 6.18. The fourth-order valence-electron chi connectivity index (χ4n) is 10.1. The Labute approximate surface area is 331 Å². The van der Waals surface area contributed by atoms with Gasteiger partial charge in [0.1, 0.15) is 40.7 Å². The third-order valence-electron chi connectivity index (χ3n) is 12.4. The molecule has 17 heteroatoms. The van der Waals surface area contributed by atoms with Crippen molar-refractivity contribution in [3.63, 3.8) is 0 Å². The molecule has 7 heterocycles. The van der Waals surface area contributed by atoms with E-state index in [1.54, 1.807) is 44.7 Å². The van der Waals surface area contributed by atoms with E-state index in [0.29, 0.717) is 43.2 Å². The van der Waals surface area contributed by atoms with Gasteiger partial charge < -0.3 is 24.2 Å². The number of fused-ring (bicyclic) bond motifs is 7. The van der Waals surface area contributed by atoms with Gasteiger partial charge in [-0.25, -0.2) is 32.1 Å². The molecule has 2 aromatic carbocycles. The number of nitrogens with zero attached hydrogens (tertiary/aromatic N) is 6. The van der Waals surface area contributed by atoms with Crippen molar-refractivity contribution in [1.82, 2.24) is 24.8 Å². The van der Waals surface area contributed by atoms with Gasteiger partial charge in [0.05, 0.1) is 35.9 Å². The van der Waals surface area contributed by atoms with E-state index in [1.807, 2.05) is 11.8 Å². The molecule has 4 fully saturated rings. The first-order chi connectivity index (χ1) is 27.5. The first kappa shape index (κ1) is 38.3. The highest BCUT2D eigenvalue weighted by Crippen LogP contribution is 2.49. The summed E-state index contributed by atoms with van der Waals surface area (Å²) in [5.41, 5.74) is -1.78. The number of anilines is 2. The number of hydrogen-bond acceptors (Lipinski definition) is 10. The molecular weight excluding hydrogens is 762 g/mol. The van der Waals surface area contributed by atoms with Crippen molar-refractivity contribution in [3.8, 4) is 23.1 Å². The van der Waals surface area contributed by atoms with E-state index in [-0.39, 0.29) is 76.7 Å². The number of aryl methyl sites for hydroxylation is 1. The maximum absolute atomic E-state index is 17.7. The summed E-state index contributed by atoms with van der Waals surface area (Å²) >= 11 is 0. The summed E-state index contributed by atoms with van der Waals surface area (Å²) in [4.78, 5) is 44.8. The van der Waals surface area contributed by atoms with Crippen molar-refractivity contribution >= 4 is 45.4 Å². The summed E-state index contributed by atoms with van der Waals surface area (Å²) in [7, 11) is 0. The Morgan fingerprint density at radius 3 is 2.64 bits per heavy atom. The van der Waals surface area contributed by atoms with E-state index >= 15 is 8.78 Å². The number of amides is 2. The molecule has 2 N–H and O–H groups in total. The monoisotopic (exact) mass is 807 g/mol. The molecular formula is C41H45F4N7O6. The quantitative estimate of drug-likeness (QED) is 0.185. The Morgan fingerprint density at radius 2 is 1.90 bits per heavy atom. The highest BCUT2D eigenvalue weighted by Gasteiger charge is 2.57. The fraction of sp³-hybridized carbons (Fsp3) is 0.537. The van der Waals surface area contributed by atoms with Crippen LogP contribution in [0.3, 0.4) is 0 Å². The lowest BCUT2D eigenvalue weighted by molar-refractivity contribution is 0.00801. The van der Waals surface area contributed by atoms with Crippen molar-refractivity contribution < 1.29 is 46.5 Å². The van der Waals surface area contributed by atoms with E-state index in [0.717, 1.165) is 6.42 Å². The molecule has 308 valence electrons. The third-order valence-corrected chi connectivity index (χ3v) is 12.4. The number of alkyl halides is 2. The second kappa shape index (κ2) is 13.4. The molecule has 5 unspecified atom stereocenters. The second-order valence-corrected chi connectivity index (χ2v) is 17.3. The number of carboxylic acid groups (broad SMARTS) is 1. The first-order valence-electron chi connectivity index (χ1n) is 19.8. The van der Waals surface area contributed by atoms with Crippen LogP contribution in [0.2, 0.25) is 0 Å². The summed E-state index contributed by atoms with van der Waals surface area (Å²) in [6.07, 6.45) is -0.225. The number of aromatic nitrogens is 3. The molecule has 5 aliphatic heterocycles. The fourth-order valence-corrected chi connectivity index (χ4v) is 10.1. The number of halogens is 4. The Bertz CT molecular complexity index is 2380. The van der Waals surface area contributed by atoms with Gasteiger partial charge >= 0.3 is 18.2 Å². The minimum absolute atomic E-state index is 0.0308. The number of pyridine rings is 1. The smallest absolute Gasteiger partial charge is 0.412 e. The number of piperazine rings is 1. The summed E-state index contributed by atoms with van der Waals surface area (Å²) in [6.45, 7) is 8.87. The Kier molecular flexibility index (Phi) is 8.87. The van der Waals surface area contributed by atoms with Crippen molar-refractivity contribution in [2.45, 2.75) is 114 Å². The second-order valence-electron chi connectivity index (χ2n) is 17.3.